The molecule has 0 N–H and O–H groups in total. The van der Waals surface area contributed by atoms with Crippen molar-refractivity contribution in [3.63, 3.8) is 0 Å². The molecule has 19 heavy (non-hydrogen) atoms. The molecule has 0 bridgehead atoms. The van der Waals surface area contributed by atoms with E-state index in [1.165, 1.54) is 4.90 Å². The highest BCUT2D eigenvalue weighted by Gasteiger charge is 2.30. The third-order valence-electron chi connectivity index (χ3n) is 3.16. The number of benzene rings is 1. The Morgan fingerprint density at radius 3 is 2.74 bits per heavy atom. The minimum atomic E-state index is -0.0308. The Morgan fingerprint density at radius 1 is 1.21 bits per heavy atom. The zero-order chi connectivity index (χ0) is 13.2. The number of hydrogen-bond acceptors (Lipinski definition) is 3. The van der Waals surface area contributed by atoms with Crippen LogP contribution in [0.25, 0.3) is 0 Å². The van der Waals surface area contributed by atoms with Crippen LogP contribution < -0.4 is 4.90 Å². The highest BCUT2D eigenvalue weighted by Crippen LogP contribution is 2.39. The number of thioether (sulfide) groups is 1. The van der Waals surface area contributed by atoms with Gasteiger partial charge in [-0.15, -0.1) is 11.8 Å². The lowest BCUT2D eigenvalue weighted by atomic mass is 10.2. The van der Waals surface area contributed by atoms with Crippen LogP contribution in [-0.2, 0) is 11.3 Å². The van der Waals surface area contributed by atoms with E-state index < -0.39 is 0 Å². The van der Waals surface area contributed by atoms with Gasteiger partial charge in [0.1, 0.15) is 0 Å². The van der Waals surface area contributed by atoms with Crippen LogP contribution in [0.1, 0.15) is 12.5 Å². The fourth-order valence-corrected chi connectivity index (χ4v) is 3.26. The first-order valence-corrected chi connectivity index (χ1v) is 7.09. The molecule has 1 unspecified atom stereocenters. The van der Waals surface area contributed by atoms with E-state index in [0.717, 1.165) is 11.3 Å². The van der Waals surface area contributed by atoms with Crippen molar-refractivity contribution in [3.8, 4) is 0 Å². The van der Waals surface area contributed by atoms with Crippen molar-refractivity contribution in [2.75, 3.05) is 4.90 Å². The average molecular weight is 270 g/mol. The van der Waals surface area contributed by atoms with Gasteiger partial charge in [0.15, 0.2) is 0 Å². The molecule has 1 aliphatic heterocycles. The molecule has 0 spiro atoms. The second-order valence-electron chi connectivity index (χ2n) is 4.51. The van der Waals surface area contributed by atoms with Gasteiger partial charge in [-0.05, 0) is 36.8 Å². The first-order valence-electron chi connectivity index (χ1n) is 6.21. The van der Waals surface area contributed by atoms with E-state index in [1.54, 1.807) is 24.2 Å². The lowest BCUT2D eigenvalue weighted by Gasteiger charge is -2.32. The molecule has 1 amide bonds. The number of aromatic nitrogens is 1. The Bertz CT molecular complexity index is 600. The molecule has 0 saturated carbocycles. The predicted molar refractivity (Wildman–Crippen MR) is 77.2 cm³/mol. The summed E-state index contributed by atoms with van der Waals surface area (Å²) >= 11 is 1.63. The van der Waals surface area contributed by atoms with Gasteiger partial charge in [-0.25, -0.2) is 0 Å². The summed E-state index contributed by atoms with van der Waals surface area (Å²) in [6.07, 6.45) is 3.52. The van der Waals surface area contributed by atoms with Crippen molar-refractivity contribution in [1.82, 2.24) is 4.98 Å². The molecule has 4 heteroatoms. The largest absolute Gasteiger partial charge is 0.306 e. The number of anilines is 1. The number of nitrogens with zero attached hydrogens (tertiary/aromatic N) is 2. The first kappa shape index (κ1) is 12.2. The molecule has 0 fully saturated rings. The van der Waals surface area contributed by atoms with Gasteiger partial charge in [-0.2, -0.15) is 0 Å². The molecule has 1 atom stereocenters. The molecule has 2 aromatic rings. The Labute approximate surface area is 116 Å². The molecule has 3 rings (SSSR count). The summed E-state index contributed by atoms with van der Waals surface area (Å²) < 4.78 is 0. The van der Waals surface area contributed by atoms with Crippen LogP contribution in [-0.4, -0.2) is 16.1 Å². The third kappa shape index (κ3) is 2.36. The van der Waals surface area contributed by atoms with Crippen molar-refractivity contribution < 1.29 is 4.79 Å². The smallest absolute Gasteiger partial charge is 0.240 e. The normalized spacial score (nSPS) is 18.3. The quantitative estimate of drug-likeness (QED) is 0.840. The number of carbonyl (C=O) groups is 1. The summed E-state index contributed by atoms with van der Waals surface area (Å²) in [4.78, 5) is 19.4. The van der Waals surface area contributed by atoms with Crippen molar-refractivity contribution in [1.29, 1.82) is 0 Å². The number of rotatable bonds is 2. The lowest BCUT2D eigenvalue weighted by molar-refractivity contribution is -0.118. The molecule has 0 aliphatic carbocycles. The predicted octanol–water partition coefficient (Wildman–Crippen LogP) is 3.11. The third-order valence-corrected chi connectivity index (χ3v) is 4.32. The highest BCUT2D eigenvalue weighted by molar-refractivity contribution is 8.00. The van der Waals surface area contributed by atoms with Gasteiger partial charge in [0.25, 0.3) is 0 Å². The topological polar surface area (TPSA) is 33.2 Å². The van der Waals surface area contributed by atoms with E-state index in [4.69, 9.17) is 0 Å². The van der Waals surface area contributed by atoms with Crippen LogP contribution in [0.2, 0.25) is 0 Å². The van der Waals surface area contributed by atoms with Gasteiger partial charge in [0, 0.05) is 17.3 Å². The molecule has 0 saturated heterocycles. The molecular weight excluding hydrogens is 256 g/mol. The number of carbonyl (C=O) groups excluding carboxylic acids is 1. The monoisotopic (exact) mass is 270 g/mol. The van der Waals surface area contributed by atoms with E-state index >= 15 is 0 Å². The standard InChI is InChI=1S/C15H14N2OS/c1-11-15(18)17(10-12-6-8-16-9-7-12)13-4-2-3-5-14(13)19-11/h2-9,11H,10H2,1H3. The lowest BCUT2D eigenvalue weighted by Crippen LogP contribution is -2.39. The van der Waals surface area contributed by atoms with E-state index in [1.807, 2.05) is 42.2 Å². The number of hydrogen-bond donors (Lipinski definition) is 0. The summed E-state index contributed by atoms with van der Waals surface area (Å²) in [5.74, 6) is 0.167. The van der Waals surface area contributed by atoms with E-state index in [0.29, 0.717) is 6.54 Å². The minimum absolute atomic E-state index is 0.0308. The molecule has 96 valence electrons. The Balaban J connectivity index is 1.97. The Kier molecular flexibility index (Phi) is 3.25. The van der Waals surface area contributed by atoms with Gasteiger partial charge in [0.05, 0.1) is 17.5 Å². The molecule has 1 aromatic carbocycles. The fraction of sp³-hybridized carbons (Fsp3) is 0.200. The van der Waals surface area contributed by atoms with Crippen LogP contribution in [0.4, 0.5) is 5.69 Å². The minimum Gasteiger partial charge on any atom is -0.306 e. The van der Waals surface area contributed by atoms with Crippen molar-refractivity contribution in [2.24, 2.45) is 0 Å². The summed E-state index contributed by atoms with van der Waals surface area (Å²) in [5.41, 5.74) is 2.10. The molecule has 1 aromatic heterocycles. The zero-order valence-electron chi connectivity index (χ0n) is 10.6. The van der Waals surface area contributed by atoms with Crippen LogP contribution in [0.5, 0.6) is 0 Å². The van der Waals surface area contributed by atoms with Gasteiger partial charge >= 0.3 is 0 Å². The van der Waals surface area contributed by atoms with Gasteiger partial charge in [-0.3, -0.25) is 9.78 Å². The maximum Gasteiger partial charge on any atom is 0.240 e. The summed E-state index contributed by atoms with van der Waals surface area (Å²) in [5, 5.41) is -0.0308. The van der Waals surface area contributed by atoms with Gasteiger partial charge in [-0.1, -0.05) is 12.1 Å². The number of fused-ring (bicyclic) bond motifs is 1. The van der Waals surface area contributed by atoms with Crippen LogP contribution >= 0.6 is 11.8 Å². The van der Waals surface area contributed by atoms with Crippen molar-refractivity contribution >= 4 is 23.4 Å². The second kappa shape index (κ2) is 5.05. The molecule has 2 heterocycles. The number of para-hydroxylation sites is 1. The maximum atomic E-state index is 12.4. The van der Waals surface area contributed by atoms with Gasteiger partial charge < -0.3 is 4.90 Å². The first-order chi connectivity index (χ1) is 9.25. The number of pyridine rings is 1. The average Bonchev–Trinajstić information content (AvgIpc) is 2.45. The number of amides is 1. The molecule has 0 radical (unpaired) electrons. The molecular formula is C15H14N2OS. The van der Waals surface area contributed by atoms with Crippen molar-refractivity contribution in [3.05, 3.63) is 54.4 Å². The van der Waals surface area contributed by atoms with E-state index in [-0.39, 0.29) is 11.2 Å². The summed E-state index contributed by atoms with van der Waals surface area (Å²) in [6.45, 7) is 2.56. The zero-order valence-corrected chi connectivity index (χ0v) is 11.4. The van der Waals surface area contributed by atoms with Crippen LogP contribution in [0, 0.1) is 0 Å². The van der Waals surface area contributed by atoms with E-state index in [2.05, 4.69) is 11.1 Å². The maximum absolute atomic E-state index is 12.4. The van der Waals surface area contributed by atoms with Gasteiger partial charge in [0.2, 0.25) is 5.91 Å². The molecule has 1 aliphatic rings. The summed E-state index contributed by atoms with van der Waals surface area (Å²) in [7, 11) is 0. The van der Waals surface area contributed by atoms with Crippen LogP contribution in [0.15, 0.2) is 53.7 Å². The Hall–Kier alpha value is -1.81. The summed E-state index contributed by atoms with van der Waals surface area (Å²) in [6, 6.07) is 12.0. The van der Waals surface area contributed by atoms with Crippen LogP contribution in [0.3, 0.4) is 0 Å². The Morgan fingerprint density at radius 2 is 1.95 bits per heavy atom. The highest BCUT2D eigenvalue weighted by atomic mass is 32.2. The fourth-order valence-electron chi connectivity index (χ4n) is 2.19. The second-order valence-corrected chi connectivity index (χ2v) is 5.89. The SMILES string of the molecule is CC1Sc2ccccc2N(Cc2ccncc2)C1=O. The van der Waals surface area contributed by atoms with E-state index in [9.17, 15) is 4.79 Å². The van der Waals surface area contributed by atoms with Crippen molar-refractivity contribution in [2.45, 2.75) is 23.6 Å². The molecule has 3 nitrogen and oxygen atoms in total.